The van der Waals surface area contributed by atoms with Gasteiger partial charge in [-0.3, -0.25) is 14.6 Å². The molecule has 1 aliphatic carbocycles. The molecule has 0 aromatic carbocycles. The summed E-state index contributed by atoms with van der Waals surface area (Å²) in [6, 6.07) is 0.745. The number of hydrogen-bond acceptors (Lipinski definition) is 5. The standard InChI is InChI=1S/C19H33N3O3/c23-15-19-5-6-21(17-3-1-2-4-17)11-16(19)12-22(14-19)18(24)13-20-7-9-25-10-8-20/h16-17,23H,1-15H2/t16-,19+/m0/s1. The van der Waals surface area contributed by atoms with Crippen LogP contribution < -0.4 is 0 Å². The highest BCUT2D eigenvalue weighted by Gasteiger charge is 2.51. The lowest BCUT2D eigenvalue weighted by atomic mass is 9.73. The molecule has 4 fully saturated rings. The van der Waals surface area contributed by atoms with Crippen LogP contribution in [-0.4, -0.2) is 97.4 Å². The summed E-state index contributed by atoms with van der Waals surface area (Å²) in [5, 5.41) is 10.1. The third-order valence-electron chi connectivity index (χ3n) is 7.14. The Morgan fingerprint density at radius 3 is 2.60 bits per heavy atom. The molecule has 0 spiro atoms. The minimum absolute atomic E-state index is 0.0597. The third-order valence-corrected chi connectivity index (χ3v) is 7.14. The molecule has 1 amide bonds. The van der Waals surface area contributed by atoms with Gasteiger partial charge in [0.05, 0.1) is 26.4 Å². The normalized spacial score (nSPS) is 35.2. The fourth-order valence-corrected chi connectivity index (χ4v) is 5.41. The van der Waals surface area contributed by atoms with Gasteiger partial charge in [-0.2, -0.15) is 0 Å². The highest BCUT2D eigenvalue weighted by molar-refractivity contribution is 5.78. The Labute approximate surface area is 151 Å². The second kappa shape index (κ2) is 7.51. The largest absolute Gasteiger partial charge is 0.396 e. The van der Waals surface area contributed by atoms with E-state index in [4.69, 9.17) is 4.74 Å². The first kappa shape index (κ1) is 17.7. The van der Waals surface area contributed by atoms with Gasteiger partial charge in [-0.05, 0) is 31.7 Å². The highest BCUT2D eigenvalue weighted by Crippen LogP contribution is 2.44. The van der Waals surface area contributed by atoms with Gasteiger partial charge in [0, 0.05) is 44.2 Å². The molecule has 1 N–H and O–H groups in total. The lowest BCUT2D eigenvalue weighted by Crippen LogP contribution is -2.51. The van der Waals surface area contributed by atoms with Gasteiger partial charge >= 0.3 is 0 Å². The number of piperidine rings is 1. The topological polar surface area (TPSA) is 56.2 Å². The minimum Gasteiger partial charge on any atom is -0.396 e. The zero-order valence-corrected chi connectivity index (χ0v) is 15.4. The molecule has 0 unspecified atom stereocenters. The average Bonchev–Trinajstić information content (AvgIpc) is 3.30. The Bertz CT molecular complexity index is 477. The van der Waals surface area contributed by atoms with Crippen molar-refractivity contribution in [1.82, 2.24) is 14.7 Å². The van der Waals surface area contributed by atoms with E-state index in [2.05, 4.69) is 9.80 Å². The van der Waals surface area contributed by atoms with Crippen molar-refractivity contribution in [2.24, 2.45) is 11.3 Å². The van der Waals surface area contributed by atoms with E-state index in [1.54, 1.807) is 0 Å². The van der Waals surface area contributed by atoms with Gasteiger partial charge in [0.15, 0.2) is 0 Å². The minimum atomic E-state index is -0.0597. The van der Waals surface area contributed by atoms with Crippen LogP contribution in [0.2, 0.25) is 0 Å². The van der Waals surface area contributed by atoms with Crippen LogP contribution in [0.4, 0.5) is 0 Å². The number of morpholine rings is 1. The first-order valence-corrected chi connectivity index (χ1v) is 10.1. The van der Waals surface area contributed by atoms with Crippen LogP contribution in [0.1, 0.15) is 32.1 Å². The van der Waals surface area contributed by atoms with Crippen molar-refractivity contribution in [2.45, 2.75) is 38.1 Å². The van der Waals surface area contributed by atoms with Gasteiger partial charge in [0.1, 0.15) is 0 Å². The number of aliphatic hydroxyl groups is 1. The van der Waals surface area contributed by atoms with Crippen molar-refractivity contribution < 1.29 is 14.6 Å². The van der Waals surface area contributed by atoms with E-state index >= 15 is 0 Å². The summed E-state index contributed by atoms with van der Waals surface area (Å²) in [5.74, 6) is 0.664. The molecule has 0 aromatic rings. The van der Waals surface area contributed by atoms with Crippen LogP contribution in [0.3, 0.4) is 0 Å². The quantitative estimate of drug-likeness (QED) is 0.795. The summed E-state index contributed by atoms with van der Waals surface area (Å²) in [6.07, 6.45) is 6.42. The number of carbonyl (C=O) groups is 1. The maximum absolute atomic E-state index is 12.8. The average molecular weight is 351 g/mol. The molecule has 6 nitrogen and oxygen atoms in total. The van der Waals surface area contributed by atoms with Crippen LogP contribution in [-0.2, 0) is 9.53 Å². The molecule has 6 heteroatoms. The number of fused-ring (bicyclic) bond motifs is 1. The van der Waals surface area contributed by atoms with Crippen molar-refractivity contribution in [2.75, 3.05) is 65.6 Å². The fraction of sp³-hybridized carbons (Fsp3) is 0.947. The molecule has 25 heavy (non-hydrogen) atoms. The Morgan fingerprint density at radius 2 is 1.88 bits per heavy atom. The predicted octanol–water partition coefficient (Wildman–Crippen LogP) is 0.404. The number of nitrogens with zero attached hydrogens (tertiary/aromatic N) is 3. The van der Waals surface area contributed by atoms with Crippen LogP contribution in [0.5, 0.6) is 0 Å². The molecule has 1 saturated carbocycles. The zero-order chi connectivity index (χ0) is 17.3. The number of hydrogen-bond donors (Lipinski definition) is 1. The van der Waals surface area contributed by atoms with Crippen molar-refractivity contribution in [3.63, 3.8) is 0 Å². The van der Waals surface area contributed by atoms with E-state index in [-0.39, 0.29) is 17.9 Å². The number of aliphatic hydroxyl groups excluding tert-OH is 1. The molecule has 4 rings (SSSR count). The number of rotatable bonds is 4. The van der Waals surface area contributed by atoms with Gasteiger partial charge in [-0.25, -0.2) is 0 Å². The van der Waals surface area contributed by atoms with Crippen LogP contribution in [0.25, 0.3) is 0 Å². The summed E-state index contributed by atoms with van der Waals surface area (Å²) in [5.41, 5.74) is -0.0597. The molecule has 0 bridgehead atoms. The molecular weight excluding hydrogens is 318 g/mol. The Balaban J connectivity index is 1.37. The maximum atomic E-state index is 12.8. The van der Waals surface area contributed by atoms with Crippen LogP contribution >= 0.6 is 0 Å². The van der Waals surface area contributed by atoms with E-state index in [1.807, 2.05) is 4.90 Å². The Kier molecular flexibility index (Phi) is 5.32. The third kappa shape index (κ3) is 3.59. The van der Waals surface area contributed by atoms with Crippen molar-refractivity contribution >= 4 is 5.91 Å². The number of carbonyl (C=O) groups excluding carboxylic acids is 1. The molecule has 2 atom stereocenters. The smallest absolute Gasteiger partial charge is 0.236 e. The molecule has 3 saturated heterocycles. The molecule has 0 aromatic heterocycles. The van der Waals surface area contributed by atoms with E-state index < -0.39 is 0 Å². The monoisotopic (exact) mass is 351 g/mol. The van der Waals surface area contributed by atoms with Gasteiger partial charge < -0.3 is 14.7 Å². The molecular formula is C19H33N3O3. The molecule has 0 radical (unpaired) electrons. The summed E-state index contributed by atoms with van der Waals surface area (Å²) in [4.78, 5) is 19.7. The van der Waals surface area contributed by atoms with Gasteiger partial charge in [0.25, 0.3) is 0 Å². The number of ether oxygens (including phenoxy) is 1. The van der Waals surface area contributed by atoms with E-state index in [9.17, 15) is 9.90 Å². The molecule has 4 aliphatic rings. The van der Waals surface area contributed by atoms with E-state index in [0.717, 1.165) is 64.9 Å². The number of amides is 1. The van der Waals surface area contributed by atoms with E-state index in [0.29, 0.717) is 12.5 Å². The lowest BCUT2D eigenvalue weighted by Gasteiger charge is -2.44. The molecule has 3 heterocycles. The highest BCUT2D eigenvalue weighted by atomic mass is 16.5. The van der Waals surface area contributed by atoms with Crippen molar-refractivity contribution in [3.05, 3.63) is 0 Å². The van der Waals surface area contributed by atoms with E-state index in [1.165, 1.54) is 25.7 Å². The summed E-state index contributed by atoms with van der Waals surface area (Å²) in [7, 11) is 0. The van der Waals surface area contributed by atoms with Gasteiger partial charge in [-0.15, -0.1) is 0 Å². The van der Waals surface area contributed by atoms with Gasteiger partial charge in [0.2, 0.25) is 5.91 Å². The van der Waals surface area contributed by atoms with Crippen molar-refractivity contribution in [3.8, 4) is 0 Å². The first-order valence-electron chi connectivity index (χ1n) is 10.1. The number of likely N-dealkylation sites (tertiary alicyclic amines) is 2. The molecule has 142 valence electrons. The van der Waals surface area contributed by atoms with Crippen molar-refractivity contribution in [1.29, 1.82) is 0 Å². The Morgan fingerprint density at radius 1 is 1.12 bits per heavy atom. The first-order chi connectivity index (χ1) is 12.2. The lowest BCUT2D eigenvalue weighted by molar-refractivity contribution is -0.133. The van der Waals surface area contributed by atoms with Crippen LogP contribution in [0.15, 0.2) is 0 Å². The SMILES string of the molecule is O=C(CN1CCOCC1)N1C[C@@H]2CN(C3CCCC3)CC[C@]2(CO)C1. The predicted molar refractivity (Wildman–Crippen MR) is 95.3 cm³/mol. The Hall–Kier alpha value is -0.690. The zero-order valence-electron chi connectivity index (χ0n) is 15.4. The second-order valence-corrected chi connectivity index (χ2v) is 8.56. The van der Waals surface area contributed by atoms with Gasteiger partial charge in [-0.1, -0.05) is 12.8 Å². The maximum Gasteiger partial charge on any atom is 0.236 e. The van der Waals surface area contributed by atoms with Crippen LogP contribution in [0, 0.1) is 11.3 Å². The molecule has 3 aliphatic heterocycles. The summed E-state index contributed by atoms with van der Waals surface area (Å²) >= 11 is 0. The second-order valence-electron chi connectivity index (χ2n) is 8.56. The summed E-state index contributed by atoms with van der Waals surface area (Å²) in [6.45, 7) is 7.61. The fourth-order valence-electron chi connectivity index (χ4n) is 5.41. The summed E-state index contributed by atoms with van der Waals surface area (Å²) < 4.78 is 5.37.